The van der Waals surface area contributed by atoms with E-state index in [-0.39, 0.29) is 12.3 Å². The van der Waals surface area contributed by atoms with Gasteiger partial charge in [0.2, 0.25) is 5.91 Å². The van der Waals surface area contributed by atoms with Crippen LogP contribution in [0.15, 0.2) is 60.7 Å². The number of benzene rings is 3. The van der Waals surface area contributed by atoms with E-state index in [0.29, 0.717) is 30.2 Å². The van der Waals surface area contributed by atoms with Gasteiger partial charge in [0.15, 0.2) is 11.5 Å². The van der Waals surface area contributed by atoms with Crippen molar-refractivity contribution in [2.45, 2.75) is 18.9 Å². The van der Waals surface area contributed by atoms with Crippen LogP contribution >= 0.6 is 0 Å². The smallest absolute Gasteiger partial charge is 0.321 e. The largest absolute Gasteiger partial charge is 0.493 e. The summed E-state index contributed by atoms with van der Waals surface area (Å²) in [7, 11) is 3.13. The third kappa shape index (κ3) is 5.73. The summed E-state index contributed by atoms with van der Waals surface area (Å²) in [6.07, 6.45) is 0.402. The van der Waals surface area contributed by atoms with Gasteiger partial charge in [0.05, 0.1) is 20.6 Å². The summed E-state index contributed by atoms with van der Waals surface area (Å²) in [5.41, 5.74) is 1.63. The maximum absolute atomic E-state index is 12.5. The molecule has 0 heterocycles. The van der Waals surface area contributed by atoms with Crippen LogP contribution in [0, 0.1) is 0 Å². The van der Waals surface area contributed by atoms with Crippen molar-refractivity contribution in [1.82, 2.24) is 5.32 Å². The minimum Gasteiger partial charge on any atom is -0.493 e. The molecule has 0 aliphatic rings. The Morgan fingerprint density at radius 2 is 1.71 bits per heavy atom. The first-order valence-corrected chi connectivity index (χ1v) is 9.96. The van der Waals surface area contributed by atoms with Crippen molar-refractivity contribution >= 4 is 28.3 Å². The second-order valence-corrected chi connectivity index (χ2v) is 7.06. The quantitative estimate of drug-likeness (QED) is 0.463. The maximum Gasteiger partial charge on any atom is 0.321 e. The average Bonchev–Trinajstić information content (AvgIpc) is 2.78. The first kappa shape index (κ1) is 22.1. The predicted octanol–water partition coefficient (Wildman–Crippen LogP) is 3.47. The highest BCUT2D eigenvalue weighted by atomic mass is 16.5. The standard InChI is InChI=1S/C24H26N2O5/c1-30-21-11-10-16(14-22(21)31-2)12-13-25-20(24(28)29)15-23(27)26-19-9-5-7-17-6-3-4-8-18(17)19/h3-11,14,20,25H,12-13,15H2,1-2H3,(H,26,27)(H,28,29). The molecule has 3 aromatic carbocycles. The molecule has 1 atom stereocenters. The van der Waals surface area contributed by atoms with Gasteiger partial charge in [0.25, 0.3) is 0 Å². The summed E-state index contributed by atoms with van der Waals surface area (Å²) < 4.78 is 10.5. The van der Waals surface area contributed by atoms with Crippen LogP contribution in [0.2, 0.25) is 0 Å². The third-order valence-electron chi connectivity index (χ3n) is 5.00. The molecular weight excluding hydrogens is 396 g/mol. The van der Waals surface area contributed by atoms with Gasteiger partial charge in [-0.1, -0.05) is 42.5 Å². The summed E-state index contributed by atoms with van der Waals surface area (Å²) in [6.45, 7) is 0.397. The van der Waals surface area contributed by atoms with Crippen molar-refractivity contribution in [2.24, 2.45) is 0 Å². The summed E-state index contributed by atoms with van der Waals surface area (Å²) >= 11 is 0. The van der Waals surface area contributed by atoms with E-state index in [1.165, 1.54) is 0 Å². The van der Waals surface area contributed by atoms with Crippen molar-refractivity contribution in [3.63, 3.8) is 0 Å². The molecule has 0 bridgehead atoms. The number of nitrogens with one attached hydrogen (secondary N) is 2. The summed E-state index contributed by atoms with van der Waals surface area (Å²) in [5.74, 6) is -0.181. The van der Waals surface area contributed by atoms with Crippen molar-refractivity contribution in [3.8, 4) is 11.5 Å². The zero-order chi connectivity index (χ0) is 22.2. The van der Waals surface area contributed by atoms with Gasteiger partial charge in [-0.2, -0.15) is 0 Å². The minimum atomic E-state index is -1.07. The Morgan fingerprint density at radius 3 is 2.45 bits per heavy atom. The monoisotopic (exact) mass is 422 g/mol. The minimum absolute atomic E-state index is 0.176. The fourth-order valence-corrected chi connectivity index (χ4v) is 3.39. The van der Waals surface area contributed by atoms with E-state index in [9.17, 15) is 14.7 Å². The number of aliphatic carboxylic acids is 1. The molecule has 0 saturated carbocycles. The van der Waals surface area contributed by atoms with Gasteiger partial charge < -0.3 is 25.2 Å². The normalized spacial score (nSPS) is 11.7. The van der Waals surface area contributed by atoms with E-state index in [2.05, 4.69) is 10.6 Å². The molecule has 162 valence electrons. The molecule has 0 aromatic heterocycles. The number of carboxylic acids is 1. The Labute approximate surface area is 181 Å². The topological polar surface area (TPSA) is 96.9 Å². The molecule has 0 saturated heterocycles. The third-order valence-corrected chi connectivity index (χ3v) is 5.00. The fraction of sp³-hybridized carbons (Fsp3) is 0.250. The van der Waals surface area contributed by atoms with E-state index in [4.69, 9.17) is 9.47 Å². The van der Waals surface area contributed by atoms with Crippen LogP contribution in [0.1, 0.15) is 12.0 Å². The van der Waals surface area contributed by atoms with Gasteiger partial charge in [0.1, 0.15) is 6.04 Å². The number of amides is 1. The molecule has 0 radical (unpaired) electrons. The van der Waals surface area contributed by atoms with Crippen molar-refractivity contribution in [3.05, 3.63) is 66.2 Å². The molecule has 31 heavy (non-hydrogen) atoms. The summed E-state index contributed by atoms with van der Waals surface area (Å²) in [4.78, 5) is 24.2. The fourth-order valence-electron chi connectivity index (χ4n) is 3.39. The Kier molecular flexibility index (Phi) is 7.45. The van der Waals surface area contributed by atoms with Crippen LogP contribution in [0.25, 0.3) is 10.8 Å². The molecular formula is C24H26N2O5. The maximum atomic E-state index is 12.5. The second kappa shape index (κ2) is 10.4. The molecule has 1 amide bonds. The number of carbonyl (C=O) groups is 2. The van der Waals surface area contributed by atoms with Crippen molar-refractivity contribution < 1.29 is 24.2 Å². The Bertz CT molecular complexity index is 1060. The van der Waals surface area contributed by atoms with Crippen LogP contribution in [0.3, 0.4) is 0 Å². The number of rotatable bonds is 10. The van der Waals surface area contributed by atoms with E-state index >= 15 is 0 Å². The highest BCUT2D eigenvalue weighted by molar-refractivity contribution is 6.03. The van der Waals surface area contributed by atoms with Crippen LogP contribution in [-0.2, 0) is 16.0 Å². The highest BCUT2D eigenvalue weighted by Crippen LogP contribution is 2.27. The molecule has 0 aliphatic carbocycles. The van der Waals surface area contributed by atoms with E-state index < -0.39 is 12.0 Å². The van der Waals surface area contributed by atoms with Crippen molar-refractivity contribution in [2.75, 3.05) is 26.1 Å². The number of anilines is 1. The number of hydrogen-bond acceptors (Lipinski definition) is 5. The molecule has 3 N–H and O–H groups in total. The first-order chi connectivity index (χ1) is 15.0. The number of methoxy groups -OCH3 is 2. The van der Waals surface area contributed by atoms with E-state index in [1.807, 2.05) is 48.5 Å². The molecule has 3 aromatic rings. The molecule has 7 heteroatoms. The highest BCUT2D eigenvalue weighted by Gasteiger charge is 2.21. The number of hydrogen-bond donors (Lipinski definition) is 3. The van der Waals surface area contributed by atoms with Crippen LogP contribution in [-0.4, -0.2) is 43.8 Å². The van der Waals surface area contributed by atoms with Crippen LogP contribution < -0.4 is 20.1 Å². The molecule has 0 spiro atoms. The summed E-state index contributed by atoms with van der Waals surface area (Å²) in [5, 5.41) is 17.2. The first-order valence-electron chi connectivity index (χ1n) is 9.96. The second-order valence-electron chi connectivity index (χ2n) is 7.06. The molecule has 1 unspecified atom stereocenters. The molecule has 0 fully saturated rings. The number of fused-ring (bicyclic) bond motifs is 1. The lowest BCUT2D eigenvalue weighted by Gasteiger charge is -2.15. The van der Waals surface area contributed by atoms with E-state index in [0.717, 1.165) is 16.3 Å². The van der Waals surface area contributed by atoms with Gasteiger partial charge in [-0.3, -0.25) is 9.59 Å². The van der Waals surface area contributed by atoms with Crippen LogP contribution in [0.4, 0.5) is 5.69 Å². The predicted molar refractivity (Wildman–Crippen MR) is 120 cm³/mol. The van der Waals surface area contributed by atoms with Gasteiger partial charge in [0, 0.05) is 11.1 Å². The summed E-state index contributed by atoms with van der Waals surface area (Å²) in [6, 6.07) is 17.9. The lowest BCUT2D eigenvalue weighted by atomic mass is 10.1. The van der Waals surface area contributed by atoms with Crippen LogP contribution in [0.5, 0.6) is 11.5 Å². The molecule has 3 rings (SSSR count). The van der Waals surface area contributed by atoms with E-state index in [1.54, 1.807) is 26.4 Å². The number of carbonyl (C=O) groups excluding carboxylic acids is 1. The number of ether oxygens (including phenoxy) is 2. The molecule has 0 aliphatic heterocycles. The zero-order valence-corrected chi connectivity index (χ0v) is 17.6. The SMILES string of the molecule is COc1ccc(CCNC(CC(=O)Nc2cccc3ccccc23)C(=O)O)cc1OC. The zero-order valence-electron chi connectivity index (χ0n) is 17.6. The average molecular weight is 422 g/mol. The Hall–Kier alpha value is -3.58. The lowest BCUT2D eigenvalue weighted by Crippen LogP contribution is -2.40. The van der Waals surface area contributed by atoms with Gasteiger partial charge in [-0.05, 0) is 42.1 Å². The van der Waals surface area contributed by atoms with Crippen molar-refractivity contribution in [1.29, 1.82) is 0 Å². The van der Waals surface area contributed by atoms with Gasteiger partial charge in [-0.25, -0.2) is 0 Å². The molecule has 7 nitrogen and oxygen atoms in total. The Morgan fingerprint density at radius 1 is 0.968 bits per heavy atom. The Balaban J connectivity index is 1.58. The van der Waals surface area contributed by atoms with Gasteiger partial charge >= 0.3 is 5.97 Å². The lowest BCUT2D eigenvalue weighted by molar-refractivity contribution is -0.141. The number of carboxylic acid groups (broad SMARTS) is 1. The van der Waals surface area contributed by atoms with Gasteiger partial charge in [-0.15, -0.1) is 0 Å².